The molecule has 0 heterocycles. The Hall–Kier alpha value is -0.723. The highest BCUT2D eigenvalue weighted by atomic mass is 28.4. The van der Waals surface area contributed by atoms with Crippen molar-refractivity contribution in [3.8, 4) is 0 Å². The topological polar surface area (TPSA) is 58.9 Å². The molecule has 25 heavy (non-hydrogen) atoms. The zero-order valence-corrected chi connectivity index (χ0v) is 17.8. The van der Waals surface area contributed by atoms with Crippen molar-refractivity contribution in [2.75, 3.05) is 6.61 Å². The second kappa shape index (κ2) is 9.28. The molecule has 0 unspecified atom stereocenters. The van der Waals surface area contributed by atoms with E-state index in [9.17, 15) is 10.2 Å². The van der Waals surface area contributed by atoms with Crippen LogP contribution in [0.15, 0.2) is 30.3 Å². The predicted molar refractivity (Wildman–Crippen MR) is 105 cm³/mol. The predicted octanol–water partition coefficient (Wildman–Crippen LogP) is 3.97. The maximum absolute atomic E-state index is 10.3. The number of hydrogen-bond acceptors (Lipinski definition) is 4. The fourth-order valence-corrected chi connectivity index (χ4v) is 3.78. The fraction of sp³-hybridized carbons (Fsp3) is 0.700. The normalized spacial score (nSPS) is 17.8. The summed E-state index contributed by atoms with van der Waals surface area (Å²) < 4.78 is 12.4. The maximum Gasteiger partial charge on any atom is 0.192 e. The van der Waals surface area contributed by atoms with Crippen LogP contribution in [0, 0.1) is 5.92 Å². The lowest BCUT2D eigenvalue weighted by molar-refractivity contribution is -0.0789. The molecule has 0 bridgehead atoms. The van der Waals surface area contributed by atoms with Crippen molar-refractivity contribution in [3.63, 3.8) is 0 Å². The molecule has 0 saturated heterocycles. The average molecular weight is 369 g/mol. The van der Waals surface area contributed by atoms with Crippen LogP contribution in [0.1, 0.15) is 40.2 Å². The molecule has 0 aliphatic carbocycles. The van der Waals surface area contributed by atoms with Gasteiger partial charge in [-0.2, -0.15) is 0 Å². The Labute approximate surface area is 154 Å². The monoisotopic (exact) mass is 368 g/mol. The highest BCUT2D eigenvalue weighted by molar-refractivity contribution is 6.74. The number of benzene rings is 1. The molecule has 0 saturated carbocycles. The smallest absolute Gasteiger partial charge is 0.192 e. The molecule has 0 fully saturated rings. The number of hydrogen-bond donors (Lipinski definition) is 2. The zero-order chi connectivity index (χ0) is 19.3. The minimum absolute atomic E-state index is 0.0360. The van der Waals surface area contributed by atoms with Crippen molar-refractivity contribution in [3.05, 3.63) is 35.9 Å². The minimum atomic E-state index is -2.07. The van der Waals surface area contributed by atoms with Gasteiger partial charge in [0.05, 0.1) is 25.4 Å². The Morgan fingerprint density at radius 1 is 1.08 bits per heavy atom. The van der Waals surface area contributed by atoms with E-state index in [0.717, 1.165) is 5.56 Å². The van der Waals surface area contributed by atoms with E-state index in [1.54, 1.807) is 0 Å². The van der Waals surface area contributed by atoms with E-state index in [2.05, 4.69) is 33.9 Å². The third-order valence-corrected chi connectivity index (χ3v) is 9.89. The number of aliphatic hydroxyl groups is 2. The van der Waals surface area contributed by atoms with Gasteiger partial charge in [-0.05, 0) is 30.6 Å². The van der Waals surface area contributed by atoms with Gasteiger partial charge in [0.1, 0.15) is 6.10 Å². The molecule has 0 amide bonds. The van der Waals surface area contributed by atoms with Crippen molar-refractivity contribution >= 4 is 8.32 Å². The van der Waals surface area contributed by atoms with E-state index in [1.807, 2.05) is 44.2 Å². The van der Waals surface area contributed by atoms with Gasteiger partial charge in [-0.1, -0.05) is 58.0 Å². The van der Waals surface area contributed by atoms with Gasteiger partial charge < -0.3 is 19.4 Å². The number of ether oxygens (including phenoxy) is 1. The van der Waals surface area contributed by atoms with Crippen LogP contribution in [-0.2, 0) is 15.8 Å². The lowest BCUT2D eigenvalue weighted by Crippen LogP contribution is -2.51. The minimum Gasteiger partial charge on any atom is -0.411 e. The van der Waals surface area contributed by atoms with Gasteiger partial charge in [-0.15, -0.1) is 0 Å². The summed E-state index contributed by atoms with van der Waals surface area (Å²) in [5.74, 6) is -0.0417. The summed E-state index contributed by atoms with van der Waals surface area (Å²) in [4.78, 5) is 0. The molecular formula is C20H36O4Si. The van der Waals surface area contributed by atoms with E-state index < -0.39 is 20.5 Å². The van der Waals surface area contributed by atoms with Crippen molar-refractivity contribution < 1.29 is 19.4 Å². The van der Waals surface area contributed by atoms with Crippen molar-refractivity contribution in [2.24, 2.45) is 5.92 Å². The van der Waals surface area contributed by atoms with Gasteiger partial charge in [-0.3, -0.25) is 0 Å². The molecule has 5 heteroatoms. The third kappa shape index (κ3) is 6.50. The van der Waals surface area contributed by atoms with Gasteiger partial charge in [0.2, 0.25) is 0 Å². The van der Waals surface area contributed by atoms with Crippen LogP contribution in [-0.4, -0.2) is 43.4 Å². The first-order chi connectivity index (χ1) is 11.5. The van der Waals surface area contributed by atoms with Crippen molar-refractivity contribution in [1.82, 2.24) is 0 Å². The summed E-state index contributed by atoms with van der Waals surface area (Å²) in [5.41, 5.74) is 1.12. The molecule has 0 aliphatic rings. The van der Waals surface area contributed by atoms with Gasteiger partial charge in [0.15, 0.2) is 8.32 Å². The highest BCUT2D eigenvalue weighted by Crippen LogP contribution is 2.39. The Kier molecular flexibility index (Phi) is 8.29. The van der Waals surface area contributed by atoms with Crippen LogP contribution >= 0.6 is 0 Å². The van der Waals surface area contributed by atoms with Gasteiger partial charge in [-0.25, -0.2) is 0 Å². The van der Waals surface area contributed by atoms with Gasteiger partial charge in [0.25, 0.3) is 0 Å². The molecule has 0 radical (unpaired) electrons. The summed E-state index contributed by atoms with van der Waals surface area (Å²) in [5, 5.41) is 19.9. The summed E-state index contributed by atoms with van der Waals surface area (Å²) in [6, 6.07) is 10.0. The summed E-state index contributed by atoms with van der Waals surface area (Å²) in [6.07, 6.45) is -1.46. The lowest BCUT2D eigenvalue weighted by Gasteiger charge is -2.43. The second-order valence-electron chi connectivity index (χ2n) is 8.45. The van der Waals surface area contributed by atoms with Crippen LogP contribution in [0.5, 0.6) is 0 Å². The average Bonchev–Trinajstić information content (AvgIpc) is 2.56. The molecule has 0 spiro atoms. The van der Waals surface area contributed by atoms with Gasteiger partial charge in [0, 0.05) is 5.92 Å². The van der Waals surface area contributed by atoms with E-state index in [1.165, 1.54) is 0 Å². The van der Waals surface area contributed by atoms with Crippen LogP contribution in [0.3, 0.4) is 0 Å². The van der Waals surface area contributed by atoms with Crippen LogP contribution in [0.4, 0.5) is 0 Å². The Morgan fingerprint density at radius 3 is 2.12 bits per heavy atom. The molecule has 4 nitrogen and oxygen atoms in total. The lowest BCUT2D eigenvalue weighted by atomic mass is 9.95. The van der Waals surface area contributed by atoms with Gasteiger partial charge >= 0.3 is 0 Å². The Balaban J connectivity index is 2.80. The standard InChI is InChI=1S/C20H36O4Si/c1-15(16(2)23-14-17-11-9-8-10-12-17)19(18(22)13-21)24-25(6,7)20(3,4)5/h8-12,15-16,18-19,21-22H,13-14H2,1-7H3/t15-,16+,18-,19+/m1/s1. The van der Waals surface area contributed by atoms with Crippen LogP contribution in [0.2, 0.25) is 18.1 Å². The highest BCUT2D eigenvalue weighted by Gasteiger charge is 2.42. The second-order valence-corrected chi connectivity index (χ2v) is 13.2. The number of aliphatic hydroxyl groups excluding tert-OH is 2. The summed E-state index contributed by atoms with van der Waals surface area (Å²) in [6.45, 7) is 15.1. The summed E-state index contributed by atoms with van der Waals surface area (Å²) in [7, 11) is -2.07. The van der Waals surface area contributed by atoms with E-state index in [4.69, 9.17) is 9.16 Å². The molecule has 2 N–H and O–H groups in total. The molecular weight excluding hydrogens is 332 g/mol. The molecule has 1 aromatic carbocycles. The quantitative estimate of drug-likeness (QED) is 0.648. The molecule has 4 atom stereocenters. The van der Waals surface area contributed by atoms with E-state index >= 15 is 0 Å². The van der Waals surface area contributed by atoms with Crippen molar-refractivity contribution in [1.29, 1.82) is 0 Å². The zero-order valence-electron chi connectivity index (χ0n) is 16.8. The van der Waals surface area contributed by atoms with E-state index in [-0.39, 0.29) is 23.7 Å². The molecule has 0 aliphatic heterocycles. The van der Waals surface area contributed by atoms with Crippen LogP contribution in [0.25, 0.3) is 0 Å². The first kappa shape index (κ1) is 22.3. The third-order valence-electron chi connectivity index (χ3n) is 5.42. The Morgan fingerprint density at radius 2 is 1.64 bits per heavy atom. The van der Waals surface area contributed by atoms with E-state index in [0.29, 0.717) is 6.61 Å². The Bertz CT molecular complexity index is 498. The molecule has 144 valence electrons. The largest absolute Gasteiger partial charge is 0.411 e. The molecule has 1 rings (SSSR count). The first-order valence-electron chi connectivity index (χ1n) is 9.12. The number of rotatable bonds is 9. The molecule has 1 aromatic rings. The fourth-order valence-electron chi connectivity index (χ4n) is 2.38. The van der Waals surface area contributed by atoms with Crippen LogP contribution < -0.4 is 0 Å². The SMILES string of the molecule is C[C@@H]([C@H](O[Si](C)(C)C(C)(C)C)[C@H](O)CO)[C@H](C)OCc1ccccc1. The first-order valence-corrected chi connectivity index (χ1v) is 12.0. The molecule has 0 aromatic heterocycles. The maximum atomic E-state index is 10.3. The summed E-state index contributed by atoms with van der Waals surface area (Å²) >= 11 is 0. The van der Waals surface area contributed by atoms with Crippen molar-refractivity contribution in [2.45, 2.75) is 77.7 Å².